The van der Waals surface area contributed by atoms with Gasteiger partial charge in [-0.2, -0.15) is 5.11 Å². The normalized spacial score (nSPS) is 38.8. The lowest BCUT2D eigenvalue weighted by Gasteiger charge is -2.09. The molecule has 0 heterocycles. The Labute approximate surface area is 92.0 Å². The minimum atomic E-state index is 0.752. The average Bonchev–Trinajstić information content (AvgIpc) is 2.79. The van der Waals surface area contributed by atoms with Gasteiger partial charge in [0, 0.05) is 5.70 Å². The van der Waals surface area contributed by atoms with Crippen LogP contribution in [0.2, 0.25) is 0 Å². The predicted molar refractivity (Wildman–Crippen MR) is 61.2 cm³/mol. The van der Waals surface area contributed by atoms with Gasteiger partial charge in [-0.3, -0.25) is 5.43 Å². The maximum atomic E-state index is 3.95. The number of rotatable bonds is 3. The average molecular weight is 207 g/mol. The zero-order chi connectivity index (χ0) is 10.7. The van der Waals surface area contributed by atoms with Gasteiger partial charge in [-0.1, -0.05) is 18.2 Å². The lowest BCUT2D eigenvalue weighted by molar-refractivity contribution is 0.571. The van der Waals surface area contributed by atoms with Gasteiger partial charge in [0.25, 0.3) is 0 Å². The number of hydrogen-bond acceptors (Lipinski definition) is 2. The van der Waals surface area contributed by atoms with Crippen LogP contribution in [0.25, 0.3) is 0 Å². The van der Waals surface area contributed by atoms with Gasteiger partial charge < -0.3 is 0 Å². The van der Waals surface area contributed by atoms with Crippen molar-refractivity contribution in [2.75, 3.05) is 6.54 Å². The van der Waals surface area contributed by atoms with Gasteiger partial charge in [0.2, 0.25) is 0 Å². The fraction of sp³-hybridized carbons (Fsp3) is 0.833. The van der Waals surface area contributed by atoms with Crippen molar-refractivity contribution in [2.24, 2.45) is 28.1 Å². The molecule has 2 aliphatic carbocycles. The molecule has 0 aliphatic heterocycles. The maximum absolute atomic E-state index is 3.95. The Morgan fingerprint density at radius 2 is 2.20 bits per heavy atom. The summed E-state index contributed by atoms with van der Waals surface area (Å²) in [5, 5.41) is 7.89. The van der Waals surface area contributed by atoms with E-state index >= 15 is 0 Å². The second-order valence-electron chi connectivity index (χ2n) is 4.70. The maximum Gasteiger partial charge on any atom is 0.0592 e. The van der Waals surface area contributed by atoms with Crippen LogP contribution in [-0.4, -0.2) is 6.54 Å². The second-order valence-corrected chi connectivity index (χ2v) is 4.70. The molecule has 0 radical (unpaired) electrons. The Bertz CT molecular complexity index is 270. The molecule has 0 aromatic carbocycles. The third-order valence-electron chi connectivity index (χ3n) is 3.80. The minimum absolute atomic E-state index is 0.752. The highest BCUT2D eigenvalue weighted by Gasteiger charge is 2.45. The van der Waals surface area contributed by atoms with Crippen molar-refractivity contribution < 1.29 is 0 Å². The van der Waals surface area contributed by atoms with Gasteiger partial charge in [-0.05, 0) is 50.4 Å². The molecule has 1 saturated carbocycles. The second kappa shape index (κ2) is 4.77. The molecule has 84 valence electrons. The van der Waals surface area contributed by atoms with Gasteiger partial charge in [0.05, 0.1) is 6.54 Å². The Balaban J connectivity index is 1.83. The third-order valence-corrected chi connectivity index (χ3v) is 3.80. The highest BCUT2D eigenvalue weighted by Crippen LogP contribution is 2.52. The van der Waals surface area contributed by atoms with Crippen LogP contribution in [-0.2, 0) is 0 Å². The van der Waals surface area contributed by atoms with Crippen molar-refractivity contribution in [1.29, 1.82) is 0 Å². The molecule has 3 heteroatoms. The summed E-state index contributed by atoms with van der Waals surface area (Å²) in [6, 6.07) is 0. The van der Waals surface area contributed by atoms with Crippen LogP contribution in [0.4, 0.5) is 0 Å². The SMILES string of the molecule is CCN=NN/C1=C/CCC2C(C)C2CC1. The molecule has 0 amide bonds. The lowest BCUT2D eigenvalue weighted by atomic mass is 10.0. The van der Waals surface area contributed by atoms with Crippen molar-refractivity contribution in [3.8, 4) is 0 Å². The van der Waals surface area contributed by atoms with Crippen LogP contribution in [0.5, 0.6) is 0 Å². The first-order valence-corrected chi connectivity index (χ1v) is 6.14. The fourth-order valence-electron chi connectivity index (χ4n) is 2.74. The number of nitrogens with zero attached hydrogens (tertiary/aromatic N) is 2. The van der Waals surface area contributed by atoms with Crippen molar-refractivity contribution in [3.63, 3.8) is 0 Å². The Morgan fingerprint density at radius 1 is 1.40 bits per heavy atom. The van der Waals surface area contributed by atoms with Gasteiger partial charge in [0.15, 0.2) is 0 Å². The van der Waals surface area contributed by atoms with Crippen molar-refractivity contribution in [2.45, 2.75) is 39.5 Å². The molecule has 1 N–H and O–H groups in total. The van der Waals surface area contributed by atoms with Crippen molar-refractivity contribution in [3.05, 3.63) is 11.8 Å². The number of fused-ring (bicyclic) bond motifs is 1. The van der Waals surface area contributed by atoms with Crippen molar-refractivity contribution in [1.82, 2.24) is 5.43 Å². The van der Waals surface area contributed by atoms with Crippen molar-refractivity contribution >= 4 is 0 Å². The molecule has 0 aromatic heterocycles. The molecule has 0 saturated heterocycles. The molecule has 0 bridgehead atoms. The predicted octanol–water partition coefficient (Wildman–Crippen LogP) is 3.30. The van der Waals surface area contributed by atoms with E-state index in [4.69, 9.17) is 0 Å². The topological polar surface area (TPSA) is 36.8 Å². The van der Waals surface area contributed by atoms with E-state index in [9.17, 15) is 0 Å². The van der Waals surface area contributed by atoms with E-state index in [2.05, 4.69) is 28.8 Å². The molecular weight excluding hydrogens is 186 g/mol. The summed E-state index contributed by atoms with van der Waals surface area (Å²) in [5.74, 6) is 2.97. The molecular formula is C12H21N3. The van der Waals surface area contributed by atoms with Crippen LogP contribution in [0, 0.1) is 17.8 Å². The molecule has 0 spiro atoms. The number of allylic oxidation sites excluding steroid dienone is 2. The molecule has 2 aliphatic rings. The molecule has 3 unspecified atom stereocenters. The lowest BCUT2D eigenvalue weighted by Crippen LogP contribution is -2.06. The van der Waals surface area contributed by atoms with Gasteiger partial charge >= 0.3 is 0 Å². The Morgan fingerprint density at radius 3 is 3.00 bits per heavy atom. The first-order chi connectivity index (χ1) is 7.33. The van der Waals surface area contributed by atoms with E-state index in [0.717, 1.165) is 30.7 Å². The summed E-state index contributed by atoms with van der Waals surface area (Å²) in [6.07, 6.45) is 7.34. The summed E-state index contributed by atoms with van der Waals surface area (Å²) in [4.78, 5) is 0. The Kier molecular flexibility index (Phi) is 3.39. The smallest absolute Gasteiger partial charge is 0.0592 e. The third kappa shape index (κ3) is 2.58. The highest BCUT2D eigenvalue weighted by atomic mass is 15.4. The zero-order valence-electron chi connectivity index (χ0n) is 9.74. The van der Waals surface area contributed by atoms with Gasteiger partial charge in [-0.15, -0.1) is 0 Å². The van der Waals surface area contributed by atoms with Gasteiger partial charge in [-0.25, -0.2) is 0 Å². The first-order valence-electron chi connectivity index (χ1n) is 6.14. The van der Waals surface area contributed by atoms with Crippen LogP contribution in [0.15, 0.2) is 22.1 Å². The highest BCUT2D eigenvalue weighted by molar-refractivity contribution is 5.06. The fourth-order valence-corrected chi connectivity index (χ4v) is 2.74. The minimum Gasteiger partial charge on any atom is -0.265 e. The largest absolute Gasteiger partial charge is 0.265 e. The molecule has 1 fully saturated rings. The quantitative estimate of drug-likeness (QED) is 0.559. The van der Waals surface area contributed by atoms with E-state index in [1.54, 1.807) is 0 Å². The summed E-state index contributed by atoms with van der Waals surface area (Å²) < 4.78 is 0. The van der Waals surface area contributed by atoms with Gasteiger partial charge in [0.1, 0.15) is 0 Å². The monoisotopic (exact) mass is 207 g/mol. The van der Waals surface area contributed by atoms with Crippen LogP contribution >= 0.6 is 0 Å². The standard InChI is InChI=1S/C12H21N3/c1-3-13-15-14-10-5-4-6-11-9(2)12(11)8-7-10/h5,9,11-12H,3-4,6-8H2,1-2H3,(H,13,14)/b10-5+. The van der Waals surface area contributed by atoms with E-state index in [-0.39, 0.29) is 0 Å². The van der Waals surface area contributed by atoms with E-state index in [1.165, 1.54) is 25.0 Å². The summed E-state index contributed by atoms with van der Waals surface area (Å²) in [6.45, 7) is 5.14. The molecule has 0 aromatic rings. The summed E-state index contributed by atoms with van der Waals surface area (Å²) in [7, 11) is 0. The van der Waals surface area contributed by atoms with E-state index < -0.39 is 0 Å². The van der Waals surface area contributed by atoms with E-state index in [1.807, 2.05) is 6.92 Å². The summed E-state index contributed by atoms with van der Waals surface area (Å²) >= 11 is 0. The molecule has 3 nitrogen and oxygen atoms in total. The van der Waals surface area contributed by atoms with E-state index in [0.29, 0.717) is 0 Å². The number of nitrogens with one attached hydrogen (secondary N) is 1. The Hall–Kier alpha value is -0.860. The summed E-state index contributed by atoms with van der Waals surface area (Å²) in [5.41, 5.74) is 4.33. The van der Waals surface area contributed by atoms with Crippen LogP contribution in [0.3, 0.4) is 0 Å². The molecule has 2 rings (SSSR count). The molecule has 15 heavy (non-hydrogen) atoms. The first kappa shape index (κ1) is 10.7. The van der Waals surface area contributed by atoms with Crippen LogP contribution < -0.4 is 5.43 Å². The number of hydrogen-bond donors (Lipinski definition) is 1. The van der Waals surface area contributed by atoms with Crippen LogP contribution in [0.1, 0.15) is 39.5 Å². The molecule has 3 atom stereocenters. The zero-order valence-corrected chi connectivity index (χ0v) is 9.74.